The Kier molecular flexibility index (Phi) is 3.99. The summed E-state index contributed by atoms with van der Waals surface area (Å²) >= 11 is 1.80. The third-order valence-corrected chi connectivity index (χ3v) is 4.63. The number of nitrogens with zero attached hydrogens (tertiary/aromatic N) is 2. The molecule has 3 nitrogen and oxygen atoms in total. The maximum atomic E-state index is 9.13. The Morgan fingerprint density at radius 3 is 2.76 bits per heavy atom. The van der Waals surface area contributed by atoms with E-state index in [1.807, 2.05) is 17.8 Å². The number of aliphatic hydroxyl groups is 1. The zero-order valence-electron chi connectivity index (χ0n) is 12.2. The molecule has 0 unspecified atom stereocenters. The van der Waals surface area contributed by atoms with Gasteiger partial charge in [0.1, 0.15) is 0 Å². The summed E-state index contributed by atoms with van der Waals surface area (Å²) in [5, 5.41) is 16.0. The normalized spacial score (nSPS) is 11.2. The van der Waals surface area contributed by atoms with Crippen molar-refractivity contribution in [1.29, 1.82) is 0 Å². The minimum absolute atomic E-state index is 0.00636. The lowest BCUT2D eigenvalue weighted by molar-refractivity contribution is 0.275. The van der Waals surface area contributed by atoms with E-state index >= 15 is 0 Å². The monoisotopic (exact) mass is 298 g/mol. The van der Waals surface area contributed by atoms with Gasteiger partial charge in [0, 0.05) is 23.4 Å². The molecule has 108 valence electrons. The average Bonchev–Trinajstić information content (AvgIpc) is 2.86. The maximum absolute atomic E-state index is 9.13. The number of benzene rings is 2. The first kappa shape index (κ1) is 14.2. The fourth-order valence-corrected chi connectivity index (χ4v) is 3.55. The first-order chi connectivity index (χ1) is 10.2. The molecule has 0 saturated carbocycles. The van der Waals surface area contributed by atoms with E-state index in [4.69, 9.17) is 5.11 Å². The van der Waals surface area contributed by atoms with Gasteiger partial charge in [-0.1, -0.05) is 24.3 Å². The van der Waals surface area contributed by atoms with Gasteiger partial charge in [-0.3, -0.25) is 4.68 Å². The molecule has 1 N–H and O–H groups in total. The van der Waals surface area contributed by atoms with E-state index in [1.54, 1.807) is 11.8 Å². The van der Waals surface area contributed by atoms with Crippen LogP contribution in [0.1, 0.15) is 17.0 Å². The summed E-state index contributed by atoms with van der Waals surface area (Å²) < 4.78 is 1.84. The molecule has 21 heavy (non-hydrogen) atoms. The second-order valence-electron chi connectivity index (χ2n) is 5.16. The fourth-order valence-electron chi connectivity index (χ4n) is 2.49. The van der Waals surface area contributed by atoms with Crippen LogP contribution in [0.4, 0.5) is 0 Å². The van der Waals surface area contributed by atoms with Gasteiger partial charge in [0.15, 0.2) is 0 Å². The number of rotatable bonds is 4. The molecule has 0 radical (unpaired) electrons. The molecule has 0 aliphatic heterocycles. The zero-order valence-corrected chi connectivity index (χ0v) is 13.0. The number of fused-ring (bicyclic) bond motifs is 1. The number of hydrogen-bond acceptors (Lipinski definition) is 3. The van der Waals surface area contributed by atoms with Crippen LogP contribution < -0.4 is 0 Å². The molecule has 0 aliphatic rings. The van der Waals surface area contributed by atoms with Crippen LogP contribution in [-0.4, -0.2) is 14.9 Å². The molecule has 0 bridgehead atoms. The zero-order chi connectivity index (χ0) is 14.8. The Hall–Kier alpha value is -1.78. The van der Waals surface area contributed by atoms with Crippen molar-refractivity contribution >= 4 is 22.5 Å². The van der Waals surface area contributed by atoms with Crippen LogP contribution in [0.2, 0.25) is 0 Å². The minimum Gasteiger partial charge on any atom is -0.390 e. The second-order valence-corrected chi connectivity index (χ2v) is 6.21. The standard InChI is InChI=1S/C17H18N2OS/c1-12-7-16(8-13-5-3-4-6-17(12)13)21-11-15-9-14(10-20)18-19(15)2/h3-9,20H,10-11H2,1-2H3. The number of aliphatic hydroxyl groups excluding tert-OH is 1. The van der Waals surface area contributed by atoms with Crippen LogP contribution in [-0.2, 0) is 19.4 Å². The van der Waals surface area contributed by atoms with Crippen molar-refractivity contribution in [2.45, 2.75) is 24.2 Å². The van der Waals surface area contributed by atoms with E-state index in [1.165, 1.54) is 21.2 Å². The lowest BCUT2D eigenvalue weighted by Gasteiger charge is -2.07. The van der Waals surface area contributed by atoms with Crippen LogP contribution in [0.5, 0.6) is 0 Å². The van der Waals surface area contributed by atoms with Crippen LogP contribution in [0.15, 0.2) is 47.4 Å². The average molecular weight is 298 g/mol. The SMILES string of the molecule is Cc1cc(SCc2cc(CO)nn2C)cc2ccccc12. The molecule has 0 aliphatic carbocycles. The molecule has 1 aromatic heterocycles. The third kappa shape index (κ3) is 2.96. The molecular weight excluding hydrogens is 280 g/mol. The highest BCUT2D eigenvalue weighted by Crippen LogP contribution is 2.29. The van der Waals surface area contributed by atoms with Crippen molar-refractivity contribution < 1.29 is 5.11 Å². The van der Waals surface area contributed by atoms with Crippen molar-refractivity contribution in [3.63, 3.8) is 0 Å². The lowest BCUT2D eigenvalue weighted by Crippen LogP contribution is -1.96. The predicted molar refractivity (Wildman–Crippen MR) is 87.4 cm³/mol. The van der Waals surface area contributed by atoms with E-state index in [2.05, 4.69) is 48.4 Å². The van der Waals surface area contributed by atoms with Crippen molar-refractivity contribution in [1.82, 2.24) is 9.78 Å². The van der Waals surface area contributed by atoms with Crippen LogP contribution >= 0.6 is 11.8 Å². The first-order valence-corrected chi connectivity index (χ1v) is 7.91. The molecule has 0 spiro atoms. The highest BCUT2D eigenvalue weighted by Gasteiger charge is 2.06. The molecule has 2 aromatic carbocycles. The largest absolute Gasteiger partial charge is 0.390 e. The van der Waals surface area contributed by atoms with Crippen molar-refractivity contribution in [2.75, 3.05) is 0 Å². The predicted octanol–water partition coefficient (Wildman–Crippen LogP) is 3.67. The smallest absolute Gasteiger partial charge is 0.0882 e. The Morgan fingerprint density at radius 1 is 1.19 bits per heavy atom. The van der Waals surface area contributed by atoms with E-state index in [9.17, 15) is 0 Å². The number of aromatic nitrogens is 2. The van der Waals surface area contributed by atoms with Gasteiger partial charge in [0.2, 0.25) is 0 Å². The number of aryl methyl sites for hydroxylation is 2. The van der Waals surface area contributed by atoms with Crippen LogP contribution in [0.25, 0.3) is 10.8 Å². The summed E-state index contributed by atoms with van der Waals surface area (Å²) in [5.41, 5.74) is 3.15. The van der Waals surface area contributed by atoms with Crippen molar-refractivity contribution in [2.24, 2.45) is 7.05 Å². The highest BCUT2D eigenvalue weighted by atomic mass is 32.2. The van der Waals surface area contributed by atoms with Gasteiger partial charge < -0.3 is 5.11 Å². The molecule has 0 atom stereocenters. The first-order valence-electron chi connectivity index (χ1n) is 6.92. The van der Waals surface area contributed by atoms with E-state index in [-0.39, 0.29) is 6.61 Å². The van der Waals surface area contributed by atoms with Gasteiger partial charge in [-0.15, -0.1) is 11.8 Å². The van der Waals surface area contributed by atoms with E-state index in [0.29, 0.717) is 0 Å². The Balaban J connectivity index is 1.83. The quantitative estimate of drug-likeness (QED) is 0.747. The molecule has 0 fully saturated rings. The number of thioether (sulfide) groups is 1. The van der Waals surface area contributed by atoms with Gasteiger partial charge in [-0.05, 0) is 41.5 Å². The van der Waals surface area contributed by atoms with Gasteiger partial charge >= 0.3 is 0 Å². The lowest BCUT2D eigenvalue weighted by atomic mass is 10.1. The molecule has 0 saturated heterocycles. The Bertz CT molecular complexity index is 780. The van der Waals surface area contributed by atoms with Gasteiger partial charge in [-0.25, -0.2) is 0 Å². The minimum atomic E-state index is -0.00636. The van der Waals surface area contributed by atoms with Gasteiger partial charge in [-0.2, -0.15) is 5.10 Å². The fraction of sp³-hybridized carbons (Fsp3) is 0.235. The molecular formula is C17H18N2OS. The van der Waals surface area contributed by atoms with Crippen molar-refractivity contribution in [3.8, 4) is 0 Å². The summed E-state index contributed by atoms with van der Waals surface area (Å²) in [7, 11) is 1.92. The Morgan fingerprint density at radius 2 is 2.00 bits per heavy atom. The Labute approximate surface area is 128 Å². The highest BCUT2D eigenvalue weighted by molar-refractivity contribution is 7.98. The summed E-state index contributed by atoms with van der Waals surface area (Å²) in [6.07, 6.45) is 0. The second kappa shape index (κ2) is 5.92. The molecule has 3 aromatic rings. The summed E-state index contributed by atoms with van der Waals surface area (Å²) in [6, 6.07) is 14.9. The topological polar surface area (TPSA) is 38.1 Å². The summed E-state index contributed by atoms with van der Waals surface area (Å²) in [4.78, 5) is 1.26. The van der Waals surface area contributed by atoms with Gasteiger partial charge in [0.25, 0.3) is 0 Å². The molecule has 1 heterocycles. The van der Waals surface area contributed by atoms with Crippen LogP contribution in [0.3, 0.4) is 0 Å². The number of hydrogen-bond donors (Lipinski definition) is 1. The van der Waals surface area contributed by atoms with Crippen LogP contribution in [0, 0.1) is 6.92 Å². The third-order valence-electron chi connectivity index (χ3n) is 3.62. The van der Waals surface area contributed by atoms with E-state index in [0.717, 1.165) is 17.1 Å². The molecule has 0 amide bonds. The maximum Gasteiger partial charge on any atom is 0.0882 e. The van der Waals surface area contributed by atoms with E-state index < -0.39 is 0 Å². The van der Waals surface area contributed by atoms with Gasteiger partial charge in [0.05, 0.1) is 12.3 Å². The summed E-state index contributed by atoms with van der Waals surface area (Å²) in [5.74, 6) is 0.848. The molecule has 4 heteroatoms. The van der Waals surface area contributed by atoms with Crippen molar-refractivity contribution in [3.05, 3.63) is 59.4 Å². The molecule has 3 rings (SSSR count). The summed E-state index contributed by atoms with van der Waals surface area (Å²) in [6.45, 7) is 2.15.